The second-order valence-corrected chi connectivity index (χ2v) is 5.93. The number of hydrogen-bond donors (Lipinski definition) is 1. The highest BCUT2D eigenvalue weighted by molar-refractivity contribution is 5.94. The van der Waals surface area contributed by atoms with E-state index in [4.69, 9.17) is 0 Å². The minimum absolute atomic E-state index is 0.140. The van der Waals surface area contributed by atoms with Gasteiger partial charge in [-0.05, 0) is 51.3 Å². The van der Waals surface area contributed by atoms with Crippen LogP contribution in [0.4, 0.5) is 4.39 Å². The van der Waals surface area contributed by atoms with Gasteiger partial charge in [0.1, 0.15) is 5.82 Å². The van der Waals surface area contributed by atoms with E-state index in [9.17, 15) is 9.18 Å². The molecule has 0 aromatic heterocycles. The molecule has 0 bridgehead atoms. The molecule has 1 fully saturated rings. The van der Waals surface area contributed by atoms with Crippen LogP contribution in [0.15, 0.2) is 18.2 Å². The van der Waals surface area contributed by atoms with Crippen LogP contribution in [0.3, 0.4) is 0 Å². The van der Waals surface area contributed by atoms with Crippen LogP contribution in [-0.2, 0) is 0 Å². The van der Waals surface area contributed by atoms with E-state index in [1.54, 1.807) is 19.1 Å². The second kappa shape index (κ2) is 7.55. The predicted molar refractivity (Wildman–Crippen MR) is 83.0 cm³/mol. The molecular weight excluding hydrogens is 267 g/mol. The molecule has 1 aliphatic rings. The molecule has 0 spiro atoms. The lowest BCUT2D eigenvalue weighted by molar-refractivity contribution is 0.0944. The molecule has 2 rings (SSSR count). The molecule has 1 aliphatic heterocycles. The summed E-state index contributed by atoms with van der Waals surface area (Å²) >= 11 is 0. The van der Waals surface area contributed by atoms with Crippen molar-refractivity contribution in [1.29, 1.82) is 0 Å². The Morgan fingerprint density at radius 2 is 2.24 bits per heavy atom. The fraction of sp³-hybridized carbons (Fsp3) is 0.588. The molecule has 1 atom stereocenters. The van der Waals surface area contributed by atoms with E-state index in [1.807, 2.05) is 0 Å². The molecule has 1 aromatic carbocycles. The maximum atomic E-state index is 13.8. The van der Waals surface area contributed by atoms with Gasteiger partial charge in [-0.1, -0.05) is 18.6 Å². The van der Waals surface area contributed by atoms with Gasteiger partial charge in [0.05, 0.1) is 5.56 Å². The summed E-state index contributed by atoms with van der Waals surface area (Å²) in [5.41, 5.74) is 0.645. The zero-order valence-corrected chi connectivity index (χ0v) is 13.0. The maximum Gasteiger partial charge on any atom is 0.254 e. The van der Waals surface area contributed by atoms with Crippen molar-refractivity contribution in [1.82, 2.24) is 10.2 Å². The molecule has 1 heterocycles. The Morgan fingerprint density at radius 1 is 1.43 bits per heavy atom. The largest absolute Gasteiger partial charge is 0.352 e. The summed E-state index contributed by atoms with van der Waals surface area (Å²) in [5.74, 6) is -0.734. The van der Waals surface area contributed by atoms with Gasteiger partial charge in [-0.25, -0.2) is 4.39 Å². The number of aryl methyl sites for hydroxylation is 1. The first-order valence-corrected chi connectivity index (χ1v) is 7.87. The van der Waals surface area contributed by atoms with Gasteiger partial charge in [0.15, 0.2) is 0 Å². The fourth-order valence-corrected chi connectivity index (χ4v) is 2.89. The summed E-state index contributed by atoms with van der Waals surface area (Å²) in [4.78, 5) is 14.4. The number of nitrogens with zero attached hydrogens (tertiary/aromatic N) is 1. The van der Waals surface area contributed by atoms with Crippen LogP contribution in [-0.4, -0.2) is 36.5 Å². The van der Waals surface area contributed by atoms with Gasteiger partial charge in [0, 0.05) is 19.1 Å². The first kappa shape index (κ1) is 16.0. The van der Waals surface area contributed by atoms with E-state index in [0.717, 1.165) is 19.5 Å². The van der Waals surface area contributed by atoms with Gasteiger partial charge in [0.2, 0.25) is 0 Å². The van der Waals surface area contributed by atoms with Gasteiger partial charge >= 0.3 is 0 Å². The monoisotopic (exact) mass is 292 g/mol. The SMILES string of the molecule is Cc1cccc(C(=O)NCCCN2CCCCC2C)c1F. The zero-order chi connectivity index (χ0) is 15.2. The Morgan fingerprint density at radius 3 is 3.00 bits per heavy atom. The van der Waals surface area contributed by atoms with E-state index in [1.165, 1.54) is 25.3 Å². The van der Waals surface area contributed by atoms with Crippen molar-refractivity contribution in [2.24, 2.45) is 0 Å². The molecule has 1 amide bonds. The third-order valence-corrected chi connectivity index (χ3v) is 4.28. The number of piperidine rings is 1. The summed E-state index contributed by atoms with van der Waals surface area (Å²) in [7, 11) is 0. The predicted octanol–water partition coefficient (Wildman–Crippen LogP) is 3.13. The Balaban J connectivity index is 1.75. The van der Waals surface area contributed by atoms with Crippen LogP contribution in [0.25, 0.3) is 0 Å². The van der Waals surface area contributed by atoms with Crippen molar-refractivity contribution in [2.75, 3.05) is 19.6 Å². The first-order chi connectivity index (χ1) is 10.1. The molecule has 1 unspecified atom stereocenters. The van der Waals surface area contributed by atoms with Crippen LogP contribution < -0.4 is 5.32 Å². The average Bonchev–Trinajstić information content (AvgIpc) is 2.48. The smallest absolute Gasteiger partial charge is 0.254 e. The molecule has 0 radical (unpaired) electrons. The van der Waals surface area contributed by atoms with E-state index in [0.29, 0.717) is 18.2 Å². The topological polar surface area (TPSA) is 32.3 Å². The number of halogens is 1. The van der Waals surface area contributed by atoms with Crippen LogP contribution in [0, 0.1) is 12.7 Å². The minimum atomic E-state index is -0.417. The molecule has 0 aliphatic carbocycles. The molecule has 4 heteroatoms. The maximum absolute atomic E-state index is 13.8. The van der Waals surface area contributed by atoms with E-state index in [-0.39, 0.29) is 11.5 Å². The van der Waals surface area contributed by atoms with Gasteiger partial charge < -0.3 is 10.2 Å². The highest BCUT2D eigenvalue weighted by Gasteiger charge is 2.17. The Hall–Kier alpha value is -1.42. The van der Waals surface area contributed by atoms with Gasteiger partial charge in [-0.2, -0.15) is 0 Å². The van der Waals surface area contributed by atoms with Gasteiger partial charge in [0.25, 0.3) is 5.91 Å². The average molecular weight is 292 g/mol. The normalized spacial score (nSPS) is 19.5. The molecule has 1 saturated heterocycles. The van der Waals surface area contributed by atoms with Crippen molar-refractivity contribution in [3.05, 3.63) is 35.1 Å². The summed E-state index contributed by atoms with van der Waals surface area (Å²) in [6.45, 7) is 6.68. The molecule has 1 aromatic rings. The number of benzene rings is 1. The third kappa shape index (κ3) is 4.27. The minimum Gasteiger partial charge on any atom is -0.352 e. The Bertz CT molecular complexity index is 490. The lowest BCUT2D eigenvalue weighted by Gasteiger charge is -2.33. The second-order valence-electron chi connectivity index (χ2n) is 5.93. The molecule has 1 N–H and O–H groups in total. The lowest BCUT2D eigenvalue weighted by atomic mass is 10.0. The van der Waals surface area contributed by atoms with Crippen molar-refractivity contribution in [2.45, 2.75) is 45.6 Å². The van der Waals surface area contributed by atoms with Gasteiger partial charge in [-0.15, -0.1) is 0 Å². The number of likely N-dealkylation sites (tertiary alicyclic amines) is 1. The number of amides is 1. The van der Waals surface area contributed by atoms with Crippen molar-refractivity contribution in [3.63, 3.8) is 0 Å². The number of hydrogen-bond acceptors (Lipinski definition) is 2. The summed E-state index contributed by atoms with van der Waals surface area (Å²) < 4.78 is 13.8. The zero-order valence-electron chi connectivity index (χ0n) is 13.0. The third-order valence-electron chi connectivity index (χ3n) is 4.28. The van der Waals surface area contributed by atoms with Crippen molar-refractivity contribution < 1.29 is 9.18 Å². The summed E-state index contributed by atoms with van der Waals surface area (Å²) in [6, 6.07) is 5.56. The molecule has 0 saturated carbocycles. The van der Waals surface area contributed by atoms with Crippen LogP contribution in [0.2, 0.25) is 0 Å². The quantitative estimate of drug-likeness (QED) is 0.846. The highest BCUT2D eigenvalue weighted by Crippen LogP contribution is 2.16. The van der Waals surface area contributed by atoms with Crippen LogP contribution in [0.1, 0.15) is 48.5 Å². The molecule has 116 valence electrons. The first-order valence-electron chi connectivity index (χ1n) is 7.87. The molecular formula is C17H25FN2O. The van der Waals surface area contributed by atoms with E-state index >= 15 is 0 Å². The summed E-state index contributed by atoms with van der Waals surface area (Å²) in [5, 5.41) is 2.82. The molecule has 21 heavy (non-hydrogen) atoms. The standard InChI is InChI=1S/C17H25FN2O/c1-13-7-5-9-15(16(13)18)17(21)19-10-6-12-20-11-4-3-8-14(20)2/h5,7,9,14H,3-4,6,8,10-12H2,1-2H3,(H,19,21). The number of nitrogens with one attached hydrogen (secondary N) is 1. The van der Waals surface area contributed by atoms with Crippen molar-refractivity contribution in [3.8, 4) is 0 Å². The fourth-order valence-electron chi connectivity index (χ4n) is 2.89. The van der Waals surface area contributed by atoms with E-state index in [2.05, 4.69) is 17.1 Å². The lowest BCUT2D eigenvalue weighted by Crippen LogP contribution is -2.39. The van der Waals surface area contributed by atoms with Crippen LogP contribution in [0.5, 0.6) is 0 Å². The van der Waals surface area contributed by atoms with Crippen LogP contribution >= 0.6 is 0 Å². The number of carbonyl (C=O) groups excluding carboxylic acids is 1. The summed E-state index contributed by atoms with van der Waals surface area (Å²) in [6.07, 6.45) is 4.76. The Kier molecular flexibility index (Phi) is 5.74. The van der Waals surface area contributed by atoms with E-state index < -0.39 is 5.82 Å². The van der Waals surface area contributed by atoms with Crippen molar-refractivity contribution >= 4 is 5.91 Å². The molecule has 3 nitrogen and oxygen atoms in total. The highest BCUT2D eigenvalue weighted by atomic mass is 19.1. The Labute approximate surface area is 126 Å². The number of rotatable bonds is 5. The number of carbonyl (C=O) groups is 1. The van der Waals surface area contributed by atoms with Gasteiger partial charge in [-0.3, -0.25) is 4.79 Å².